The molecule has 0 aliphatic heterocycles. The quantitative estimate of drug-likeness (QED) is 0.875. The highest BCUT2D eigenvalue weighted by Gasteiger charge is 2.06. The topological polar surface area (TPSA) is 67.9 Å². The van der Waals surface area contributed by atoms with Gasteiger partial charge < -0.3 is 10.6 Å². The average Bonchev–Trinajstić information content (AvgIpc) is 2.40. The van der Waals surface area contributed by atoms with E-state index in [0.717, 1.165) is 0 Å². The van der Waals surface area contributed by atoms with Crippen molar-refractivity contribution in [1.82, 2.24) is 15.0 Å². The van der Waals surface area contributed by atoms with Crippen LogP contribution >= 0.6 is 0 Å². The second-order valence-corrected chi connectivity index (χ2v) is 3.81. The van der Waals surface area contributed by atoms with E-state index in [1.165, 1.54) is 12.3 Å². The van der Waals surface area contributed by atoms with E-state index in [1.807, 2.05) is 11.9 Å². The summed E-state index contributed by atoms with van der Waals surface area (Å²) in [5.41, 5.74) is 6.75. The first-order chi connectivity index (χ1) is 8.70. The van der Waals surface area contributed by atoms with Crippen LogP contribution in [-0.2, 0) is 0 Å². The Morgan fingerprint density at radius 1 is 1.22 bits per heavy atom. The molecule has 0 fully saturated rings. The lowest BCUT2D eigenvalue weighted by atomic mass is 10.2. The van der Waals surface area contributed by atoms with Crippen LogP contribution in [-0.4, -0.2) is 35.1 Å². The maximum Gasteiger partial charge on any atom is 0.225 e. The van der Waals surface area contributed by atoms with Gasteiger partial charge in [0.25, 0.3) is 0 Å². The van der Waals surface area contributed by atoms with E-state index in [2.05, 4.69) is 15.0 Å². The first-order valence-electron chi connectivity index (χ1n) is 5.57. The molecule has 94 valence electrons. The zero-order valence-corrected chi connectivity index (χ0v) is 10.0. The van der Waals surface area contributed by atoms with Crippen molar-refractivity contribution in [1.29, 1.82) is 0 Å². The van der Waals surface area contributed by atoms with Gasteiger partial charge in [0.2, 0.25) is 5.95 Å². The van der Waals surface area contributed by atoms with Gasteiger partial charge in [-0.3, -0.25) is 4.98 Å². The third-order valence-electron chi connectivity index (χ3n) is 2.44. The van der Waals surface area contributed by atoms with Crippen LogP contribution in [0.1, 0.15) is 0 Å². The van der Waals surface area contributed by atoms with Gasteiger partial charge in [-0.05, 0) is 18.2 Å². The fourth-order valence-electron chi connectivity index (χ4n) is 1.50. The Bertz CT molecular complexity index is 514. The molecule has 0 saturated heterocycles. The number of anilines is 1. The second-order valence-electron chi connectivity index (χ2n) is 3.81. The van der Waals surface area contributed by atoms with E-state index < -0.39 is 0 Å². The highest BCUT2D eigenvalue weighted by molar-refractivity contribution is 5.55. The maximum atomic E-state index is 12.8. The van der Waals surface area contributed by atoms with Gasteiger partial charge in [0, 0.05) is 26.3 Å². The monoisotopic (exact) mass is 247 g/mol. The summed E-state index contributed by atoms with van der Waals surface area (Å²) in [6.07, 6.45) is 2.82. The molecule has 0 amide bonds. The van der Waals surface area contributed by atoms with Gasteiger partial charge in [0.15, 0.2) is 0 Å². The van der Waals surface area contributed by atoms with Crippen LogP contribution in [0.2, 0.25) is 0 Å². The number of aromatic nitrogens is 3. The number of rotatable bonds is 4. The van der Waals surface area contributed by atoms with E-state index in [0.29, 0.717) is 30.4 Å². The summed E-state index contributed by atoms with van der Waals surface area (Å²) < 4.78 is 12.8. The van der Waals surface area contributed by atoms with Crippen molar-refractivity contribution in [3.63, 3.8) is 0 Å². The molecular weight excluding hydrogens is 233 g/mol. The molecule has 18 heavy (non-hydrogen) atoms. The minimum Gasteiger partial charge on any atom is -0.343 e. The molecule has 0 spiro atoms. The summed E-state index contributed by atoms with van der Waals surface area (Å²) >= 11 is 0. The van der Waals surface area contributed by atoms with Gasteiger partial charge in [-0.2, -0.15) is 0 Å². The summed E-state index contributed by atoms with van der Waals surface area (Å²) in [5.74, 6) is 0.206. The molecule has 0 saturated carbocycles. The predicted octanol–water partition coefficient (Wildman–Crippen LogP) is 1.07. The molecule has 2 N–H and O–H groups in total. The third-order valence-corrected chi connectivity index (χ3v) is 2.44. The Labute approximate surface area is 105 Å². The number of pyridine rings is 1. The lowest BCUT2D eigenvalue weighted by Crippen LogP contribution is -2.26. The van der Waals surface area contributed by atoms with Crippen LogP contribution in [0.5, 0.6) is 0 Å². The van der Waals surface area contributed by atoms with Crippen LogP contribution in [0, 0.1) is 5.82 Å². The van der Waals surface area contributed by atoms with E-state index in [1.54, 1.807) is 18.3 Å². The molecular formula is C12H14FN5. The zero-order chi connectivity index (χ0) is 13.0. The Morgan fingerprint density at radius 3 is 2.72 bits per heavy atom. The van der Waals surface area contributed by atoms with E-state index >= 15 is 0 Å². The van der Waals surface area contributed by atoms with E-state index in [4.69, 9.17) is 5.73 Å². The molecule has 2 rings (SSSR count). The molecule has 2 aromatic heterocycles. The minimum absolute atomic E-state index is 0.367. The van der Waals surface area contributed by atoms with Crippen molar-refractivity contribution in [2.45, 2.75) is 0 Å². The normalized spacial score (nSPS) is 10.4. The molecule has 2 aromatic rings. The van der Waals surface area contributed by atoms with Crippen molar-refractivity contribution >= 4 is 5.95 Å². The molecule has 2 heterocycles. The molecule has 0 bridgehead atoms. The van der Waals surface area contributed by atoms with Crippen molar-refractivity contribution in [2.24, 2.45) is 5.73 Å². The molecule has 0 aliphatic rings. The van der Waals surface area contributed by atoms with Crippen LogP contribution in [0.15, 0.2) is 30.6 Å². The zero-order valence-electron chi connectivity index (χ0n) is 10.0. The lowest BCUT2D eigenvalue weighted by Gasteiger charge is -2.15. The third kappa shape index (κ3) is 2.78. The summed E-state index contributed by atoms with van der Waals surface area (Å²) in [4.78, 5) is 14.4. The Kier molecular flexibility index (Phi) is 3.78. The summed E-state index contributed by atoms with van der Waals surface area (Å²) in [5, 5.41) is 0. The number of hydrogen-bond donors (Lipinski definition) is 1. The summed E-state index contributed by atoms with van der Waals surface area (Å²) in [6.45, 7) is 1.19. The number of likely N-dealkylation sites (N-methyl/N-ethyl adjacent to an activating group) is 1. The largest absolute Gasteiger partial charge is 0.343 e. The first kappa shape index (κ1) is 12.4. The first-order valence-corrected chi connectivity index (χ1v) is 5.57. The molecule has 0 atom stereocenters. The fourth-order valence-corrected chi connectivity index (χ4v) is 1.50. The molecule has 0 aromatic carbocycles. The molecule has 0 unspecified atom stereocenters. The lowest BCUT2D eigenvalue weighted by molar-refractivity contribution is 0.622. The van der Waals surface area contributed by atoms with Crippen LogP contribution in [0.4, 0.5) is 10.3 Å². The summed E-state index contributed by atoms with van der Waals surface area (Å²) in [6, 6.07) is 4.68. The molecule has 0 radical (unpaired) electrons. The molecule has 0 aliphatic carbocycles. The average molecular weight is 247 g/mol. The Balaban J connectivity index is 2.29. The SMILES string of the molecule is CN(CCN)c1nccc(-c2ccc(F)cn2)n1. The molecule has 5 nitrogen and oxygen atoms in total. The van der Waals surface area contributed by atoms with E-state index in [9.17, 15) is 4.39 Å². The predicted molar refractivity (Wildman–Crippen MR) is 67.5 cm³/mol. The maximum absolute atomic E-state index is 12.8. The molecule has 6 heteroatoms. The second kappa shape index (κ2) is 5.50. The number of nitrogens with two attached hydrogens (primary N) is 1. The van der Waals surface area contributed by atoms with Crippen molar-refractivity contribution in [3.05, 3.63) is 36.4 Å². The number of nitrogens with zero attached hydrogens (tertiary/aromatic N) is 4. The fraction of sp³-hybridized carbons (Fsp3) is 0.250. The highest BCUT2D eigenvalue weighted by atomic mass is 19.1. The van der Waals surface area contributed by atoms with Crippen LogP contribution < -0.4 is 10.6 Å². The number of halogens is 1. The standard InChI is InChI=1S/C12H14FN5/c1-18(7-5-14)12-15-6-4-11(17-12)10-3-2-9(13)8-16-10/h2-4,6,8H,5,7,14H2,1H3. The van der Waals surface area contributed by atoms with Gasteiger partial charge in [-0.15, -0.1) is 0 Å². The van der Waals surface area contributed by atoms with E-state index in [-0.39, 0.29) is 5.82 Å². The minimum atomic E-state index is -0.367. The van der Waals surface area contributed by atoms with Gasteiger partial charge in [0.1, 0.15) is 5.82 Å². The van der Waals surface area contributed by atoms with Gasteiger partial charge in [-0.25, -0.2) is 14.4 Å². The smallest absolute Gasteiger partial charge is 0.225 e. The van der Waals surface area contributed by atoms with Crippen LogP contribution in [0.3, 0.4) is 0 Å². The van der Waals surface area contributed by atoms with Crippen molar-refractivity contribution < 1.29 is 4.39 Å². The van der Waals surface area contributed by atoms with Gasteiger partial charge >= 0.3 is 0 Å². The van der Waals surface area contributed by atoms with Gasteiger partial charge in [-0.1, -0.05) is 0 Å². The van der Waals surface area contributed by atoms with Crippen LogP contribution in [0.25, 0.3) is 11.4 Å². The Hall–Kier alpha value is -2.08. The number of hydrogen-bond acceptors (Lipinski definition) is 5. The highest BCUT2D eigenvalue weighted by Crippen LogP contribution is 2.16. The summed E-state index contributed by atoms with van der Waals surface area (Å²) in [7, 11) is 1.87. The van der Waals surface area contributed by atoms with Crippen molar-refractivity contribution in [2.75, 3.05) is 25.0 Å². The Morgan fingerprint density at radius 2 is 2.06 bits per heavy atom. The van der Waals surface area contributed by atoms with Crippen molar-refractivity contribution in [3.8, 4) is 11.4 Å². The van der Waals surface area contributed by atoms with Gasteiger partial charge in [0.05, 0.1) is 17.6 Å².